The van der Waals surface area contributed by atoms with Gasteiger partial charge in [0.2, 0.25) is 5.75 Å². The summed E-state index contributed by atoms with van der Waals surface area (Å²) in [6.45, 7) is 1.34. The molecule has 0 fully saturated rings. The van der Waals surface area contributed by atoms with E-state index in [-0.39, 0.29) is 17.6 Å². The molecular formula is C15H14FN3O4. The monoisotopic (exact) mass is 319 g/mol. The third kappa shape index (κ3) is 4.47. The minimum absolute atomic E-state index is 0.0814. The Morgan fingerprint density at radius 3 is 2.74 bits per heavy atom. The van der Waals surface area contributed by atoms with E-state index < -0.39 is 23.3 Å². The summed E-state index contributed by atoms with van der Waals surface area (Å²) < 4.78 is 18.0. The molecule has 1 atom stereocenters. The van der Waals surface area contributed by atoms with E-state index in [0.717, 1.165) is 5.56 Å². The molecule has 1 aromatic carbocycles. The molecule has 7 nitrogen and oxygen atoms in total. The number of hydrogen-bond acceptors (Lipinski definition) is 5. The first-order valence-electron chi connectivity index (χ1n) is 6.74. The van der Waals surface area contributed by atoms with Gasteiger partial charge in [0, 0.05) is 0 Å². The molecule has 2 rings (SSSR count). The highest BCUT2D eigenvalue weighted by atomic mass is 19.1. The number of amides is 1. The fourth-order valence-electron chi connectivity index (χ4n) is 1.89. The molecule has 1 aromatic heterocycles. The normalized spacial score (nSPS) is 11.6. The highest BCUT2D eigenvalue weighted by Crippen LogP contribution is 2.22. The molecule has 23 heavy (non-hydrogen) atoms. The number of aromatic nitrogens is 1. The summed E-state index contributed by atoms with van der Waals surface area (Å²) in [5.41, 5.74) is 0.729. The number of nitro groups is 1. The van der Waals surface area contributed by atoms with Gasteiger partial charge in [0.05, 0.1) is 6.04 Å². The Bertz CT molecular complexity index is 706. The van der Waals surface area contributed by atoms with Crippen LogP contribution in [0.3, 0.4) is 0 Å². The number of carbonyl (C=O) groups excluding carboxylic acids is 1. The van der Waals surface area contributed by atoms with Crippen molar-refractivity contribution in [3.8, 4) is 5.75 Å². The van der Waals surface area contributed by atoms with Crippen LogP contribution in [0.2, 0.25) is 0 Å². The second kappa shape index (κ2) is 7.30. The van der Waals surface area contributed by atoms with Crippen molar-refractivity contribution in [1.82, 2.24) is 10.3 Å². The molecule has 0 bridgehead atoms. The van der Waals surface area contributed by atoms with E-state index >= 15 is 0 Å². The van der Waals surface area contributed by atoms with Crippen LogP contribution < -0.4 is 10.1 Å². The molecule has 8 heteroatoms. The van der Waals surface area contributed by atoms with Crippen LogP contribution in [-0.2, 0) is 4.79 Å². The molecule has 0 aliphatic carbocycles. The lowest BCUT2D eigenvalue weighted by Gasteiger charge is -2.14. The molecule has 0 spiro atoms. The lowest BCUT2D eigenvalue weighted by Crippen LogP contribution is -2.31. The Morgan fingerprint density at radius 1 is 1.39 bits per heavy atom. The van der Waals surface area contributed by atoms with Crippen molar-refractivity contribution in [2.45, 2.75) is 13.0 Å². The fraction of sp³-hybridized carbons (Fsp3) is 0.200. The van der Waals surface area contributed by atoms with Crippen molar-refractivity contribution in [3.05, 3.63) is 64.1 Å². The first kappa shape index (κ1) is 16.3. The molecular weight excluding hydrogens is 305 g/mol. The molecule has 0 aliphatic heterocycles. The zero-order chi connectivity index (χ0) is 16.8. The van der Waals surface area contributed by atoms with Gasteiger partial charge >= 0.3 is 5.82 Å². The zero-order valence-corrected chi connectivity index (χ0v) is 12.2. The van der Waals surface area contributed by atoms with E-state index in [1.54, 1.807) is 19.1 Å². The van der Waals surface area contributed by atoms with Gasteiger partial charge in [-0.05, 0) is 46.7 Å². The van der Waals surface area contributed by atoms with Crippen LogP contribution in [0.1, 0.15) is 18.5 Å². The maximum Gasteiger partial charge on any atom is 0.406 e. The summed E-state index contributed by atoms with van der Waals surface area (Å²) in [5, 5.41) is 13.4. The Hall–Kier alpha value is -3.03. The molecule has 120 valence electrons. The van der Waals surface area contributed by atoms with Gasteiger partial charge in [-0.15, -0.1) is 0 Å². The fourth-order valence-corrected chi connectivity index (χ4v) is 1.89. The van der Waals surface area contributed by atoms with E-state index in [1.165, 1.54) is 30.5 Å². The Balaban J connectivity index is 1.93. The maximum absolute atomic E-state index is 12.9. The van der Waals surface area contributed by atoms with Crippen LogP contribution >= 0.6 is 0 Å². The summed E-state index contributed by atoms with van der Waals surface area (Å²) in [7, 11) is 0. The SMILES string of the molecule is C[C@H](NC(=O)COc1cccnc1[N+](=O)[O-])c1ccc(F)cc1. The smallest absolute Gasteiger partial charge is 0.406 e. The van der Waals surface area contributed by atoms with Gasteiger partial charge in [-0.25, -0.2) is 4.39 Å². The minimum Gasteiger partial charge on any atom is -0.476 e. The number of benzene rings is 1. The van der Waals surface area contributed by atoms with Crippen molar-refractivity contribution in [2.24, 2.45) is 0 Å². The third-order valence-electron chi connectivity index (χ3n) is 3.03. The molecule has 0 saturated carbocycles. The molecule has 1 heterocycles. The van der Waals surface area contributed by atoms with Crippen molar-refractivity contribution in [2.75, 3.05) is 6.61 Å². The predicted molar refractivity (Wildman–Crippen MR) is 79.3 cm³/mol. The average Bonchev–Trinajstić information content (AvgIpc) is 2.53. The summed E-state index contributed by atoms with van der Waals surface area (Å²) >= 11 is 0. The van der Waals surface area contributed by atoms with Gasteiger partial charge in [0.1, 0.15) is 12.0 Å². The molecule has 0 aliphatic rings. The Kier molecular flexibility index (Phi) is 5.19. The van der Waals surface area contributed by atoms with Gasteiger partial charge in [0.25, 0.3) is 5.91 Å². The highest BCUT2D eigenvalue weighted by Gasteiger charge is 2.17. The quantitative estimate of drug-likeness (QED) is 0.651. The number of nitrogens with zero attached hydrogens (tertiary/aromatic N) is 2. The minimum atomic E-state index is -0.686. The molecule has 0 unspecified atom stereocenters. The highest BCUT2D eigenvalue weighted by molar-refractivity contribution is 5.78. The lowest BCUT2D eigenvalue weighted by atomic mass is 10.1. The topological polar surface area (TPSA) is 94.4 Å². The van der Waals surface area contributed by atoms with Crippen molar-refractivity contribution in [1.29, 1.82) is 0 Å². The average molecular weight is 319 g/mol. The lowest BCUT2D eigenvalue weighted by molar-refractivity contribution is -0.390. The van der Waals surface area contributed by atoms with Gasteiger partial charge < -0.3 is 20.2 Å². The van der Waals surface area contributed by atoms with Crippen LogP contribution in [0.4, 0.5) is 10.2 Å². The molecule has 0 saturated heterocycles. The number of halogens is 1. The molecule has 2 aromatic rings. The number of ether oxygens (including phenoxy) is 1. The number of pyridine rings is 1. The molecule has 1 amide bonds. The standard InChI is InChI=1S/C15H14FN3O4/c1-10(11-4-6-12(16)7-5-11)18-14(20)9-23-13-3-2-8-17-15(13)19(21)22/h2-8,10H,9H2,1H3,(H,18,20)/t10-/m0/s1. The van der Waals surface area contributed by atoms with Gasteiger partial charge in [0.15, 0.2) is 6.61 Å². The van der Waals surface area contributed by atoms with E-state index in [2.05, 4.69) is 10.3 Å². The maximum atomic E-state index is 12.9. The van der Waals surface area contributed by atoms with E-state index in [4.69, 9.17) is 4.74 Å². The number of rotatable bonds is 6. The van der Waals surface area contributed by atoms with Crippen LogP contribution in [0, 0.1) is 15.9 Å². The third-order valence-corrected chi connectivity index (χ3v) is 3.03. The second-order valence-corrected chi connectivity index (χ2v) is 4.71. The van der Waals surface area contributed by atoms with E-state index in [1.807, 2.05) is 0 Å². The first-order valence-corrected chi connectivity index (χ1v) is 6.74. The van der Waals surface area contributed by atoms with Crippen molar-refractivity contribution < 1.29 is 18.8 Å². The van der Waals surface area contributed by atoms with E-state index in [0.29, 0.717) is 0 Å². The largest absolute Gasteiger partial charge is 0.476 e. The zero-order valence-electron chi connectivity index (χ0n) is 12.2. The van der Waals surface area contributed by atoms with Crippen molar-refractivity contribution in [3.63, 3.8) is 0 Å². The Morgan fingerprint density at radius 2 is 2.09 bits per heavy atom. The van der Waals surface area contributed by atoms with Crippen LogP contribution in [-0.4, -0.2) is 22.4 Å². The first-order chi connectivity index (χ1) is 11.0. The predicted octanol–water partition coefficient (Wildman–Crippen LogP) is 2.39. The number of nitrogens with one attached hydrogen (secondary N) is 1. The van der Waals surface area contributed by atoms with Gasteiger partial charge in [-0.3, -0.25) is 4.79 Å². The summed E-state index contributed by atoms with van der Waals surface area (Å²) in [6, 6.07) is 8.21. The second-order valence-electron chi connectivity index (χ2n) is 4.71. The van der Waals surface area contributed by atoms with Crippen LogP contribution in [0.25, 0.3) is 0 Å². The summed E-state index contributed by atoms with van der Waals surface area (Å²) in [5.74, 6) is -1.35. The van der Waals surface area contributed by atoms with Gasteiger partial charge in [-0.2, -0.15) is 0 Å². The van der Waals surface area contributed by atoms with Crippen LogP contribution in [0.15, 0.2) is 42.6 Å². The number of hydrogen-bond donors (Lipinski definition) is 1. The Labute approximate surface area is 131 Å². The van der Waals surface area contributed by atoms with Crippen molar-refractivity contribution >= 4 is 11.7 Å². The number of carbonyl (C=O) groups is 1. The summed E-state index contributed by atoms with van der Waals surface area (Å²) in [4.78, 5) is 25.5. The summed E-state index contributed by atoms with van der Waals surface area (Å²) in [6.07, 6.45) is 1.27. The van der Waals surface area contributed by atoms with Crippen LogP contribution in [0.5, 0.6) is 5.75 Å². The van der Waals surface area contributed by atoms with Gasteiger partial charge in [-0.1, -0.05) is 12.1 Å². The molecule has 0 radical (unpaired) electrons. The molecule has 1 N–H and O–H groups in total. The van der Waals surface area contributed by atoms with E-state index in [9.17, 15) is 19.3 Å².